The molecule has 1 aliphatic heterocycles. The predicted octanol–water partition coefficient (Wildman–Crippen LogP) is 1.64. The van der Waals surface area contributed by atoms with Gasteiger partial charge in [-0.15, -0.1) is 10.2 Å². The van der Waals surface area contributed by atoms with Gasteiger partial charge in [0.05, 0.1) is 24.0 Å². The van der Waals surface area contributed by atoms with Gasteiger partial charge in [0.2, 0.25) is 11.8 Å². The van der Waals surface area contributed by atoms with Crippen molar-refractivity contribution in [2.75, 3.05) is 13.7 Å². The molecule has 0 bridgehead atoms. The molecule has 0 saturated carbocycles. The summed E-state index contributed by atoms with van der Waals surface area (Å²) in [5.74, 6) is 0.310. The van der Waals surface area contributed by atoms with Gasteiger partial charge in [0, 0.05) is 19.5 Å². The van der Waals surface area contributed by atoms with Crippen molar-refractivity contribution in [3.05, 3.63) is 23.3 Å². The molecule has 0 spiro atoms. The maximum absolute atomic E-state index is 11.3. The molecule has 2 rings (SSSR count). The molecule has 1 amide bonds. The van der Waals surface area contributed by atoms with Crippen molar-refractivity contribution in [3.8, 4) is 5.88 Å². The minimum atomic E-state index is -0.564. The van der Waals surface area contributed by atoms with Crippen LogP contribution in [0.25, 0.3) is 6.08 Å². The fourth-order valence-corrected chi connectivity index (χ4v) is 2.13. The highest BCUT2D eigenvalue weighted by Crippen LogP contribution is 2.38. The smallest absolute Gasteiger partial charge is 0.480 e. The summed E-state index contributed by atoms with van der Waals surface area (Å²) in [6.07, 6.45) is 1.81. The lowest BCUT2D eigenvalue weighted by molar-refractivity contribution is -0.118. The normalized spacial score (nSPS) is 19.2. The first-order valence-electron chi connectivity index (χ1n) is 7.83. The van der Waals surface area contributed by atoms with E-state index in [9.17, 15) is 4.79 Å². The van der Waals surface area contributed by atoms with E-state index in [-0.39, 0.29) is 5.91 Å². The molecular weight excluding hydrogens is 309 g/mol. The second kappa shape index (κ2) is 6.90. The van der Waals surface area contributed by atoms with Gasteiger partial charge in [0.15, 0.2) is 0 Å². The second-order valence-corrected chi connectivity index (χ2v) is 6.72. The van der Waals surface area contributed by atoms with Crippen LogP contribution in [-0.4, -0.2) is 48.1 Å². The maximum atomic E-state index is 11.3. The average molecular weight is 333 g/mol. The number of methoxy groups -OCH3 is 1. The molecule has 1 fully saturated rings. The molecule has 2 heterocycles. The van der Waals surface area contributed by atoms with Crippen LogP contribution in [0.4, 0.5) is 0 Å². The summed E-state index contributed by atoms with van der Waals surface area (Å²) in [6.45, 7) is 9.70. The van der Waals surface area contributed by atoms with Crippen LogP contribution in [0.2, 0.25) is 0 Å². The van der Waals surface area contributed by atoms with Crippen molar-refractivity contribution < 1.29 is 18.8 Å². The van der Waals surface area contributed by atoms with E-state index in [0.717, 1.165) is 5.47 Å². The number of aromatic nitrogens is 2. The monoisotopic (exact) mass is 333 g/mol. The number of carbonyl (C=O) groups is 1. The quantitative estimate of drug-likeness (QED) is 0.825. The molecular formula is C16H24BN3O4. The summed E-state index contributed by atoms with van der Waals surface area (Å²) in [7, 11) is 0.970. The van der Waals surface area contributed by atoms with Gasteiger partial charge in [-0.05, 0) is 45.3 Å². The number of amides is 1. The molecule has 24 heavy (non-hydrogen) atoms. The van der Waals surface area contributed by atoms with E-state index in [0.29, 0.717) is 18.1 Å². The van der Waals surface area contributed by atoms with Gasteiger partial charge in [-0.25, -0.2) is 0 Å². The molecule has 1 aromatic heterocycles. The van der Waals surface area contributed by atoms with Crippen LogP contribution in [0.15, 0.2) is 17.6 Å². The van der Waals surface area contributed by atoms with Crippen LogP contribution in [-0.2, 0) is 14.1 Å². The highest BCUT2D eigenvalue weighted by atomic mass is 16.7. The molecule has 1 aromatic rings. The van der Waals surface area contributed by atoms with E-state index in [4.69, 9.17) is 14.0 Å². The summed E-state index contributed by atoms with van der Waals surface area (Å²) >= 11 is 0. The molecule has 130 valence electrons. The van der Waals surface area contributed by atoms with Gasteiger partial charge in [-0.2, -0.15) is 0 Å². The predicted molar refractivity (Wildman–Crippen MR) is 91.3 cm³/mol. The molecule has 0 unspecified atom stereocenters. The molecule has 0 radical (unpaired) electrons. The number of ether oxygens (including phenoxy) is 1. The Morgan fingerprint density at radius 1 is 1.25 bits per heavy atom. The van der Waals surface area contributed by atoms with Crippen molar-refractivity contribution >= 4 is 19.1 Å². The largest absolute Gasteiger partial charge is 0.492 e. The Balaban J connectivity index is 2.27. The van der Waals surface area contributed by atoms with E-state index in [1.54, 1.807) is 12.1 Å². The Kier molecular flexibility index (Phi) is 5.30. The molecule has 1 saturated heterocycles. The molecule has 8 heteroatoms. The van der Waals surface area contributed by atoms with Gasteiger partial charge < -0.3 is 19.4 Å². The first-order valence-corrected chi connectivity index (χ1v) is 7.83. The van der Waals surface area contributed by atoms with E-state index >= 15 is 0 Å². The molecule has 0 aliphatic carbocycles. The number of nitrogens with one attached hydrogen (secondary N) is 1. The van der Waals surface area contributed by atoms with Crippen molar-refractivity contribution in [3.63, 3.8) is 0 Å². The van der Waals surface area contributed by atoms with Gasteiger partial charge >= 0.3 is 7.12 Å². The summed E-state index contributed by atoms with van der Waals surface area (Å²) in [5, 5.41) is 10.8. The summed E-state index contributed by atoms with van der Waals surface area (Å²) in [5.41, 5.74) is 0.478. The molecule has 0 atom stereocenters. The fraction of sp³-hybridized carbons (Fsp3) is 0.562. The number of hydrogen-bond acceptors (Lipinski definition) is 6. The summed E-state index contributed by atoms with van der Waals surface area (Å²) < 4.78 is 17.1. The minimum Gasteiger partial charge on any atom is -0.480 e. The second-order valence-electron chi connectivity index (χ2n) is 6.72. The third-order valence-electron chi connectivity index (χ3n) is 4.30. The number of nitrogens with zero attached hydrogens (tertiary/aromatic N) is 2. The number of hydrogen-bond donors (Lipinski definition) is 1. The minimum absolute atomic E-state index is 0.127. The third kappa shape index (κ3) is 4.13. The summed E-state index contributed by atoms with van der Waals surface area (Å²) in [6, 6.07) is 3.50. The fourth-order valence-electron chi connectivity index (χ4n) is 2.13. The zero-order valence-electron chi connectivity index (χ0n) is 15.0. The van der Waals surface area contributed by atoms with Crippen LogP contribution >= 0.6 is 0 Å². The van der Waals surface area contributed by atoms with Crippen molar-refractivity contribution in [1.29, 1.82) is 0 Å². The van der Waals surface area contributed by atoms with E-state index < -0.39 is 18.3 Å². The van der Waals surface area contributed by atoms with Gasteiger partial charge in [0.25, 0.3) is 0 Å². The van der Waals surface area contributed by atoms with Crippen LogP contribution in [0.1, 0.15) is 40.3 Å². The standard InChI is InChI=1S/C16H24BN3O4/c1-11(21)18-10-12(9-13-7-8-14(22-6)20-19-13)17-23-15(2,3)16(4,5)24-17/h7-9H,10H2,1-6H3,(H,18,21). The first kappa shape index (κ1) is 18.4. The van der Waals surface area contributed by atoms with Crippen molar-refractivity contribution in [1.82, 2.24) is 15.5 Å². The lowest BCUT2D eigenvalue weighted by Gasteiger charge is -2.32. The van der Waals surface area contributed by atoms with Crippen LogP contribution in [0, 0.1) is 0 Å². The lowest BCUT2D eigenvalue weighted by atomic mass is 9.77. The maximum Gasteiger partial charge on any atom is 0.492 e. The Bertz CT molecular complexity index is 613. The zero-order chi connectivity index (χ0) is 18.0. The number of rotatable bonds is 5. The van der Waals surface area contributed by atoms with Gasteiger partial charge in [0.1, 0.15) is 0 Å². The Hall–Kier alpha value is -1.93. The SMILES string of the molecule is COc1ccc(C=C(CNC(C)=O)B2OC(C)(C)C(C)(C)O2)nn1. The molecule has 7 nitrogen and oxygen atoms in total. The Morgan fingerprint density at radius 3 is 2.33 bits per heavy atom. The van der Waals surface area contributed by atoms with Crippen LogP contribution < -0.4 is 10.1 Å². The third-order valence-corrected chi connectivity index (χ3v) is 4.30. The molecule has 1 N–H and O–H groups in total. The average Bonchev–Trinajstić information content (AvgIpc) is 2.72. The zero-order valence-corrected chi connectivity index (χ0v) is 15.0. The van der Waals surface area contributed by atoms with Crippen LogP contribution in [0.3, 0.4) is 0 Å². The highest BCUT2D eigenvalue weighted by Gasteiger charge is 2.52. The Morgan fingerprint density at radius 2 is 1.88 bits per heavy atom. The molecule has 1 aliphatic rings. The van der Waals surface area contributed by atoms with E-state index in [1.165, 1.54) is 14.0 Å². The van der Waals surface area contributed by atoms with Gasteiger partial charge in [-0.3, -0.25) is 4.79 Å². The van der Waals surface area contributed by atoms with Crippen LogP contribution in [0.5, 0.6) is 5.88 Å². The van der Waals surface area contributed by atoms with Gasteiger partial charge in [-0.1, -0.05) is 0 Å². The highest BCUT2D eigenvalue weighted by molar-refractivity contribution is 6.56. The Labute approximate surface area is 142 Å². The van der Waals surface area contributed by atoms with Crippen molar-refractivity contribution in [2.24, 2.45) is 0 Å². The summed E-state index contributed by atoms with van der Waals surface area (Å²) in [4.78, 5) is 11.3. The topological polar surface area (TPSA) is 82.6 Å². The number of carbonyl (C=O) groups excluding carboxylic acids is 1. The van der Waals surface area contributed by atoms with E-state index in [2.05, 4.69) is 15.5 Å². The first-order chi connectivity index (χ1) is 11.1. The lowest BCUT2D eigenvalue weighted by Crippen LogP contribution is -2.41. The molecule has 0 aromatic carbocycles. The van der Waals surface area contributed by atoms with Crippen molar-refractivity contribution in [2.45, 2.75) is 45.8 Å². The van der Waals surface area contributed by atoms with E-state index in [1.807, 2.05) is 33.8 Å².